The Morgan fingerprint density at radius 1 is 1.40 bits per heavy atom. The molecule has 1 aromatic carbocycles. The molecular weight excluding hydrogens is 212 g/mol. The quantitative estimate of drug-likeness (QED) is 0.824. The van der Waals surface area contributed by atoms with Crippen molar-refractivity contribution in [3.63, 3.8) is 0 Å². The monoisotopic (exact) mass is 224 g/mol. The van der Waals surface area contributed by atoms with Gasteiger partial charge in [0.15, 0.2) is 0 Å². The Hall–Kier alpha value is -1.06. The van der Waals surface area contributed by atoms with Crippen LogP contribution in [0.1, 0.15) is 25.5 Å². The first-order chi connectivity index (χ1) is 7.09. The standard InChI is InChI=1S/C11H13ClN2O/c1-6(2)11(15)8-3-7(12)4-10-9(8)5-13-14-10/h3-6,11,15H,1-2H3,(H,13,14). The van der Waals surface area contributed by atoms with E-state index in [4.69, 9.17) is 11.6 Å². The molecule has 4 heteroatoms. The topological polar surface area (TPSA) is 48.9 Å². The minimum Gasteiger partial charge on any atom is -0.388 e. The van der Waals surface area contributed by atoms with Crippen LogP contribution < -0.4 is 0 Å². The highest BCUT2D eigenvalue weighted by atomic mass is 35.5. The number of aliphatic hydroxyl groups excluding tert-OH is 1. The summed E-state index contributed by atoms with van der Waals surface area (Å²) in [7, 11) is 0. The molecule has 2 aromatic rings. The molecular formula is C11H13ClN2O. The van der Waals surface area contributed by atoms with Gasteiger partial charge in [0.25, 0.3) is 0 Å². The summed E-state index contributed by atoms with van der Waals surface area (Å²) >= 11 is 5.97. The molecule has 80 valence electrons. The van der Waals surface area contributed by atoms with Crippen molar-refractivity contribution >= 4 is 22.5 Å². The Balaban J connectivity index is 2.62. The van der Waals surface area contributed by atoms with Crippen LogP contribution in [-0.2, 0) is 0 Å². The van der Waals surface area contributed by atoms with Gasteiger partial charge >= 0.3 is 0 Å². The van der Waals surface area contributed by atoms with Gasteiger partial charge in [0.05, 0.1) is 17.8 Å². The molecule has 1 aromatic heterocycles. The normalized spacial score (nSPS) is 13.7. The van der Waals surface area contributed by atoms with E-state index in [9.17, 15) is 5.11 Å². The number of hydrogen-bond donors (Lipinski definition) is 2. The first kappa shape index (κ1) is 10.5. The second kappa shape index (κ2) is 3.83. The molecule has 2 N–H and O–H groups in total. The lowest BCUT2D eigenvalue weighted by atomic mass is 9.96. The van der Waals surface area contributed by atoms with E-state index >= 15 is 0 Å². The summed E-state index contributed by atoms with van der Waals surface area (Å²) < 4.78 is 0. The zero-order chi connectivity index (χ0) is 11.0. The molecule has 0 aliphatic carbocycles. The first-order valence-electron chi connectivity index (χ1n) is 4.90. The lowest BCUT2D eigenvalue weighted by Crippen LogP contribution is -2.05. The highest BCUT2D eigenvalue weighted by molar-refractivity contribution is 6.31. The van der Waals surface area contributed by atoms with E-state index < -0.39 is 6.10 Å². The number of nitrogens with zero attached hydrogens (tertiary/aromatic N) is 1. The lowest BCUT2D eigenvalue weighted by molar-refractivity contribution is 0.128. The van der Waals surface area contributed by atoms with Crippen LogP contribution in [0.15, 0.2) is 18.3 Å². The maximum atomic E-state index is 10.0. The molecule has 3 nitrogen and oxygen atoms in total. The van der Waals surface area contributed by atoms with Crippen LogP contribution in [0.4, 0.5) is 0 Å². The molecule has 0 aliphatic rings. The highest BCUT2D eigenvalue weighted by Gasteiger charge is 2.16. The van der Waals surface area contributed by atoms with Gasteiger partial charge in [-0.3, -0.25) is 5.10 Å². The van der Waals surface area contributed by atoms with Crippen molar-refractivity contribution in [3.8, 4) is 0 Å². The van der Waals surface area contributed by atoms with E-state index in [0.717, 1.165) is 16.5 Å². The maximum absolute atomic E-state index is 10.0. The highest BCUT2D eigenvalue weighted by Crippen LogP contribution is 2.30. The number of nitrogens with one attached hydrogen (secondary N) is 1. The lowest BCUT2D eigenvalue weighted by Gasteiger charge is -2.15. The van der Waals surface area contributed by atoms with Crippen LogP contribution >= 0.6 is 11.6 Å². The summed E-state index contributed by atoms with van der Waals surface area (Å²) in [5.41, 5.74) is 1.69. The molecule has 0 amide bonds. The molecule has 0 spiro atoms. The van der Waals surface area contributed by atoms with E-state index in [-0.39, 0.29) is 5.92 Å². The van der Waals surface area contributed by atoms with Crippen LogP contribution in [0.3, 0.4) is 0 Å². The van der Waals surface area contributed by atoms with E-state index in [0.29, 0.717) is 5.02 Å². The fourth-order valence-electron chi connectivity index (χ4n) is 1.65. The number of aliphatic hydroxyl groups is 1. The van der Waals surface area contributed by atoms with Crippen LogP contribution in [0.5, 0.6) is 0 Å². The Bertz CT molecular complexity index is 478. The third kappa shape index (κ3) is 1.85. The summed E-state index contributed by atoms with van der Waals surface area (Å²) in [6.07, 6.45) is 1.20. The number of rotatable bonds is 2. The number of benzene rings is 1. The van der Waals surface area contributed by atoms with Gasteiger partial charge in [-0.15, -0.1) is 0 Å². The van der Waals surface area contributed by atoms with Gasteiger partial charge in [0, 0.05) is 10.4 Å². The number of fused-ring (bicyclic) bond motifs is 1. The van der Waals surface area contributed by atoms with Crippen molar-refractivity contribution in [3.05, 3.63) is 28.9 Å². The van der Waals surface area contributed by atoms with Crippen LogP contribution in [0.25, 0.3) is 10.9 Å². The minimum absolute atomic E-state index is 0.154. The largest absolute Gasteiger partial charge is 0.388 e. The summed E-state index contributed by atoms with van der Waals surface area (Å²) in [6, 6.07) is 3.60. The molecule has 0 bridgehead atoms. The molecule has 1 heterocycles. The Labute approximate surface area is 93.1 Å². The van der Waals surface area contributed by atoms with Gasteiger partial charge in [0.2, 0.25) is 0 Å². The van der Waals surface area contributed by atoms with Crippen molar-refractivity contribution in [2.75, 3.05) is 0 Å². The number of halogens is 1. The number of H-pyrrole nitrogens is 1. The van der Waals surface area contributed by atoms with Gasteiger partial charge < -0.3 is 5.11 Å². The van der Waals surface area contributed by atoms with Gasteiger partial charge in [-0.25, -0.2) is 0 Å². The second-order valence-electron chi connectivity index (χ2n) is 4.02. The molecule has 15 heavy (non-hydrogen) atoms. The number of hydrogen-bond acceptors (Lipinski definition) is 2. The van der Waals surface area contributed by atoms with Gasteiger partial charge in [0.1, 0.15) is 0 Å². The summed E-state index contributed by atoms with van der Waals surface area (Å²) in [4.78, 5) is 0. The predicted molar refractivity (Wildman–Crippen MR) is 60.9 cm³/mol. The van der Waals surface area contributed by atoms with Gasteiger partial charge in [-0.05, 0) is 23.6 Å². The average molecular weight is 225 g/mol. The zero-order valence-corrected chi connectivity index (χ0v) is 9.42. The predicted octanol–water partition coefficient (Wildman–Crippen LogP) is 2.91. The molecule has 1 unspecified atom stereocenters. The minimum atomic E-state index is -0.510. The van der Waals surface area contributed by atoms with E-state index in [1.54, 1.807) is 18.3 Å². The fraction of sp³-hybridized carbons (Fsp3) is 0.364. The molecule has 0 saturated carbocycles. The first-order valence-corrected chi connectivity index (χ1v) is 5.28. The summed E-state index contributed by atoms with van der Waals surface area (Å²) in [6.45, 7) is 3.94. The number of aromatic nitrogens is 2. The van der Waals surface area contributed by atoms with Gasteiger partial charge in [-0.1, -0.05) is 25.4 Å². The molecule has 2 rings (SSSR count). The molecule has 0 saturated heterocycles. The SMILES string of the molecule is CC(C)C(O)c1cc(Cl)cc2[nH]ncc12. The van der Waals surface area contributed by atoms with Crippen LogP contribution in [0.2, 0.25) is 5.02 Å². The molecule has 0 aliphatic heterocycles. The summed E-state index contributed by atoms with van der Waals surface area (Å²) in [5, 5.41) is 18.4. The third-order valence-electron chi connectivity index (χ3n) is 2.51. The maximum Gasteiger partial charge on any atom is 0.0820 e. The van der Waals surface area contributed by atoms with Crippen molar-refractivity contribution < 1.29 is 5.11 Å². The molecule has 0 fully saturated rings. The fourth-order valence-corrected chi connectivity index (χ4v) is 1.87. The Kier molecular flexibility index (Phi) is 2.67. The second-order valence-corrected chi connectivity index (χ2v) is 4.45. The molecule has 1 atom stereocenters. The number of aromatic amines is 1. The Morgan fingerprint density at radius 3 is 2.80 bits per heavy atom. The van der Waals surface area contributed by atoms with E-state index in [1.807, 2.05) is 13.8 Å². The third-order valence-corrected chi connectivity index (χ3v) is 2.72. The zero-order valence-electron chi connectivity index (χ0n) is 8.66. The van der Waals surface area contributed by atoms with Crippen molar-refractivity contribution in [1.29, 1.82) is 0 Å². The molecule has 0 radical (unpaired) electrons. The van der Waals surface area contributed by atoms with E-state index in [1.165, 1.54) is 0 Å². The summed E-state index contributed by atoms with van der Waals surface area (Å²) in [5.74, 6) is 0.154. The van der Waals surface area contributed by atoms with Crippen molar-refractivity contribution in [1.82, 2.24) is 10.2 Å². The van der Waals surface area contributed by atoms with Crippen LogP contribution in [0, 0.1) is 5.92 Å². The Morgan fingerprint density at radius 2 is 2.13 bits per heavy atom. The van der Waals surface area contributed by atoms with Gasteiger partial charge in [-0.2, -0.15) is 5.10 Å². The smallest absolute Gasteiger partial charge is 0.0820 e. The van der Waals surface area contributed by atoms with Crippen molar-refractivity contribution in [2.24, 2.45) is 5.92 Å². The van der Waals surface area contributed by atoms with Crippen LogP contribution in [-0.4, -0.2) is 15.3 Å². The van der Waals surface area contributed by atoms with E-state index in [2.05, 4.69) is 10.2 Å². The average Bonchev–Trinajstić information content (AvgIpc) is 2.62. The van der Waals surface area contributed by atoms with Crippen molar-refractivity contribution in [2.45, 2.75) is 20.0 Å².